The molecule has 0 spiro atoms. The van der Waals surface area contributed by atoms with Crippen LogP contribution in [-0.4, -0.2) is 45.7 Å². The number of aliphatic hydroxyl groups is 1. The SMILES string of the molecule is C/C=C\C(=N)CC(C)[C@H](C)N(CCO)c1c(-c2ccccc2)c(-c2ccccc2)nn1C(C)=O. The van der Waals surface area contributed by atoms with Gasteiger partial charge in [-0.2, -0.15) is 9.78 Å². The van der Waals surface area contributed by atoms with Crippen LogP contribution in [0.25, 0.3) is 22.4 Å². The third kappa shape index (κ3) is 5.51. The first-order valence-corrected chi connectivity index (χ1v) is 11.7. The van der Waals surface area contributed by atoms with Crippen LogP contribution in [-0.2, 0) is 0 Å². The Hall–Kier alpha value is -3.51. The number of hydrogen-bond acceptors (Lipinski definition) is 5. The van der Waals surface area contributed by atoms with Gasteiger partial charge in [-0.1, -0.05) is 73.7 Å². The highest BCUT2D eigenvalue weighted by atomic mass is 16.3. The molecule has 1 unspecified atom stereocenters. The Balaban J connectivity index is 2.23. The van der Waals surface area contributed by atoms with Gasteiger partial charge >= 0.3 is 0 Å². The fourth-order valence-corrected chi connectivity index (χ4v) is 4.27. The van der Waals surface area contributed by atoms with Crippen LogP contribution in [0, 0.1) is 11.3 Å². The van der Waals surface area contributed by atoms with Gasteiger partial charge in [0.05, 0.1) is 12.2 Å². The van der Waals surface area contributed by atoms with Crippen LogP contribution < -0.4 is 4.90 Å². The summed E-state index contributed by atoms with van der Waals surface area (Å²) in [4.78, 5) is 14.9. The van der Waals surface area contributed by atoms with E-state index in [4.69, 9.17) is 10.5 Å². The summed E-state index contributed by atoms with van der Waals surface area (Å²) in [6.45, 7) is 7.87. The minimum atomic E-state index is -0.196. The number of nitrogens with one attached hydrogen (secondary N) is 1. The van der Waals surface area contributed by atoms with E-state index in [1.165, 1.54) is 11.6 Å². The zero-order valence-corrected chi connectivity index (χ0v) is 20.4. The molecule has 0 saturated carbocycles. The van der Waals surface area contributed by atoms with Gasteiger partial charge in [0.15, 0.2) is 0 Å². The van der Waals surface area contributed by atoms with E-state index < -0.39 is 0 Å². The summed E-state index contributed by atoms with van der Waals surface area (Å²) in [5.41, 5.74) is 4.01. The zero-order valence-electron chi connectivity index (χ0n) is 20.4. The maximum Gasteiger partial charge on any atom is 0.245 e. The second-order valence-electron chi connectivity index (χ2n) is 8.57. The van der Waals surface area contributed by atoms with E-state index >= 15 is 0 Å². The van der Waals surface area contributed by atoms with Gasteiger partial charge in [0.25, 0.3) is 0 Å². The molecule has 2 aromatic carbocycles. The predicted octanol–water partition coefficient (Wildman–Crippen LogP) is 5.69. The van der Waals surface area contributed by atoms with Crippen molar-refractivity contribution in [1.29, 1.82) is 5.41 Å². The number of nitrogens with zero attached hydrogens (tertiary/aromatic N) is 3. The van der Waals surface area contributed by atoms with Gasteiger partial charge in [-0.3, -0.25) is 4.79 Å². The standard InChI is InChI=1S/C28H34N4O2/c1-5-12-25(29)19-20(2)21(3)31(17-18-33)28-26(23-13-8-6-9-14-23)27(30-32(28)22(4)34)24-15-10-7-11-16-24/h5-16,20-21,29,33H,17-19H2,1-4H3/b12-5-,29-25?/t20?,21-/m0/s1. The van der Waals surface area contributed by atoms with Crippen LogP contribution >= 0.6 is 0 Å². The molecular weight excluding hydrogens is 424 g/mol. The van der Waals surface area contributed by atoms with Crippen LogP contribution in [0.5, 0.6) is 0 Å². The number of benzene rings is 2. The fraction of sp³-hybridized carbons (Fsp3) is 0.321. The number of carbonyl (C=O) groups is 1. The first-order chi connectivity index (χ1) is 16.4. The van der Waals surface area contributed by atoms with Gasteiger partial charge in [-0.15, -0.1) is 0 Å². The summed E-state index contributed by atoms with van der Waals surface area (Å²) >= 11 is 0. The molecular formula is C28H34N4O2. The molecule has 6 heteroatoms. The summed E-state index contributed by atoms with van der Waals surface area (Å²) < 4.78 is 1.46. The molecule has 0 fully saturated rings. The molecule has 3 rings (SSSR count). The Labute approximate surface area is 202 Å². The lowest BCUT2D eigenvalue weighted by molar-refractivity contribution is 0.0922. The molecule has 3 aromatic rings. The molecule has 0 aliphatic carbocycles. The first-order valence-electron chi connectivity index (χ1n) is 11.7. The van der Waals surface area contributed by atoms with Crippen LogP contribution in [0.1, 0.15) is 38.9 Å². The minimum absolute atomic E-state index is 0.0568. The summed E-state index contributed by atoms with van der Waals surface area (Å²) in [5, 5.41) is 23.0. The van der Waals surface area contributed by atoms with E-state index in [-0.39, 0.29) is 24.5 Å². The molecule has 0 radical (unpaired) electrons. The first kappa shape index (κ1) is 25.1. The molecule has 1 heterocycles. The van der Waals surface area contributed by atoms with Crippen molar-refractivity contribution in [3.63, 3.8) is 0 Å². The topological polar surface area (TPSA) is 82.2 Å². The number of allylic oxidation sites excluding steroid dienone is 2. The predicted molar refractivity (Wildman–Crippen MR) is 140 cm³/mol. The van der Waals surface area contributed by atoms with Crippen molar-refractivity contribution in [1.82, 2.24) is 9.78 Å². The largest absolute Gasteiger partial charge is 0.395 e. The number of anilines is 1. The van der Waals surface area contributed by atoms with E-state index in [0.29, 0.717) is 24.5 Å². The molecule has 6 nitrogen and oxygen atoms in total. The van der Waals surface area contributed by atoms with Crippen molar-refractivity contribution in [2.24, 2.45) is 5.92 Å². The second-order valence-corrected chi connectivity index (χ2v) is 8.57. The van der Waals surface area contributed by atoms with Gasteiger partial charge in [0.2, 0.25) is 5.91 Å². The number of rotatable bonds is 10. The lowest BCUT2D eigenvalue weighted by atomic mass is 9.94. The third-order valence-corrected chi connectivity index (χ3v) is 6.11. The zero-order chi connectivity index (χ0) is 24.7. The summed E-state index contributed by atoms with van der Waals surface area (Å²) in [6.07, 6.45) is 4.27. The van der Waals surface area contributed by atoms with Gasteiger partial charge in [-0.05, 0) is 37.8 Å². The van der Waals surface area contributed by atoms with E-state index in [1.807, 2.05) is 79.7 Å². The molecule has 0 amide bonds. The average molecular weight is 459 g/mol. The smallest absolute Gasteiger partial charge is 0.245 e. The maximum absolute atomic E-state index is 12.8. The summed E-state index contributed by atoms with van der Waals surface area (Å²) in [7, 11) is 0. The van der Waals surface area contributed by atoms with Crippen LogP contribution in [0.4, 0.5) is 5.82 Å². The maximum atomic E-state index is 12.8. The number of aliphatic hydroxyl groups excluding tert-OH is 1. The molecule has 34 heavy (non-hydrogen) atoms. The molecule has 2 N–H and O–H groups in total. The van der Waals surface area contributed by atoms with Crippen molar-refractivity contribution < 1.29 is 9.90 Å². The van der Waals surface area contributed by atoms with E-state index in [9.17, 15) is 9.90 Å². The number of hydrogen-bond donors (Lipinski definition) is 2. The van der Waals surface area contributed by atoms with Crippen LogP contribution in [0.2, 0.25) is 0 Å². The second kappa shape index (κ2) is 11.6. The number of aromatic nitrogens is 2. The monoisotopic (exact) mass is 458 g/mol. The quantitative estimate of drug-likeness (QED) is 0.383. The highest BCUT2D eigenvalue weighted by molar-refractivity contribution is 5.95. The van der Waals surface area contributed by atoms with Crippen LogP contribution in [0.15, 0.2) is 72.8 Å². The van der Waals surface area contributed by atoms with Crippen LogP contribution in [0.3, 0.4) is 0 Å². The van der Waals surface area contributed by atoms with Gasteiger partial charge in [-0.25, -0.2) is 0 Å². The Morgan fingerprint density at radius 3 is 2.21 bits per heavy atom. The Morgan fingerprint density at radius 1 is 1.09 bits per heavy atom. The average Bonchev–Trinajstić information content (AvgIpc) is 3.24. The van der Waals surface area contributed by atoms with Crippen molar-refractivity contribution in [3.05, 3.63) is 72.8 Å². The highest BCUT2D eigenvalue weighted by Crippen LogP contribution is 2.41. The van der Waals surface area contributed by atoms with Gasteiger partial charge in [0.1, 0.15) is 11.5 Å². The van der Waals surface area contributed by atoms with Crippen molar-refractivity contribution in [2.45, 2.75) is 40.2 Å². The lowest BCUT2D eigenvalue weighted by Crippen LogP contribution is -2.42. The third-order valence-electron chi connectivity index (χ3n) is 6.11. The van der Waals surface area contributed by atoms with Crippen molar-refractivity contribution in [2.75, 3.05) is 18.1 Å². The Bertz CT molecular complexity index is 1140. The molecule has 178 valence electrons. The molecule has 0 aliphatic rings. The van der Waals surface area contributed by atoms with Gasteiger partial charge in [0, 0.05) is 30.8 Å². The molecule has 0 saturated heterocycles. The Morgan fingerprint density at radius 2 is 1.68 bits per heavy atom. The lowest BCUT2D eigenvalue weighted by Gasteiger charge is -2.35. The molecule has 0 bridgehead atoms. The number of carbonyl (C=O) groups excluding carboxylic acids is 1. The van der Waals surface area contributed by atoms with Crippen molar-refractivity contribution in [3.8, 4) is 22.4 Å². The van der Waals surface area contributed by atoms with E-state index in [0.717, 1.165) is 22.4 Å². The normalized spacial score (nSPS) is 13.1. The van der Waals surface area contributed by atoms with Gasteiger partial charge < -0.3 is 15.4 Å². The molecule has 1 aromatic heterocycles. The summed E-state index contributed by atoms with van der Waals surface area (Å²) in [5.74, 6) is 0.580. The van der Waals surface area contributed by atoms with E-state index in [2.05, 4.69) is 18.7 Å². The summed E-state index contributed by atoms with van der Waals surface area (Å²) in [6, 6.07) is 19.7. The molecule has 2 atom stereocenters. The molecule has 0 aliphatic heterocycles. The van der Waals surface area contributed by atoms with E-state index in [1.54, 1.807) is 0 Å². The fourth-order valence-electron chi connectivity index (χ4n) is 4.27. The highest BCUT2D eigenvalue weighted by Gasteiger charge is 2.31. The minimum Gasteiger partial charge on any atom is -0.395 e. The Kier molecular flexibility index (Phi) is 8.55. The van der Waals surface area contributed by atoms with Crippen molar-refractivity contribution >= 4 is 17.4 Å².